The summed E-state index contributed by atoms with van der Waals surface area (Å²) in [5.41, 5.74) is 4.75. The zero-order valence-corrected chi connectivity index (χ0v) is 18.7. The van der Waals surface area contributed by atoms with Crippen LogP contribution in [0.5, 0.6) is 17.2 Å². The van der Waals surface area contributed by atoms with Crippen molar-refractivity contribution in [2.75, 3.05) is 32.8 Å². The van der Waals surface area contributed by atoms with Crippen molar-refractivity contribution in [2.45, 2.75) is 24.0 Å². The Morgan fingerprint density at radius 1 is 1.03 bits per heavy atom. The Balaban J connectivity index is 2.30. The lowest BCUT2D eigenvalue weighted by Crippen LogP contribution is -2.31. The number of ether oxygens (including phenoxy) is 3. The first-order valence-electron chi connectivity index (χ1n) is 9.20. The van der Waals surface area contributed by atoms with Gasteiger partial charge < -0.3 is 19.9 Å². The quantitative estimate of drug-likeness (QED) is 0.622. The van der Waals surface area contributed by atoms with Gasteiger partial charge in [-0.05, 0) is 17.6 Å². The molecule has 0 saturated heterocycles. The Morgan fingerprint density at radius 2 is 1.66 bits per heavy atom. The molecule has 9 heteroatoms. The third kappa shape index (κ3) is 2.41. The molecule has 1 aromatic rings. The van der Waals surface area contributed by atoms with Crippen LogP contribution in [-0.4, -0.2) is 42.9 Å². The van der Waals surface area contributed by atoms with Crippen molar-refractivity contribution in [1.29, 1.82) is 10.5 Å². The van der Waals surface area contributed by atoms with Gasteiger partial charge in [-0.2, -0.15) is 10.5 Å². The second-order valence-corrected chi connectivity index (χ2v) is 9.81. The lowest BCUT2D eigenvalue weighted by molar-refractivity contribution is 0.321. The molecule has 2 N–H and O–H groups in total. The van der Waals surface area contributed by atoms with Crippen LogP contribution >= 0.6 is 23.5 Å². The minimum Gasteiger partial charge on any atom is -0.493 e. The minimum atomic E-state index is -1.21. The predicted molar refractivity (Wildman–Crippen MR) is 116 cm³/mol. The Morgan fingerprint density at radius 3 is 2.10 bits per heavy atom. The maximum atomic E-state index is 10.4. The number of nitrogens with two attached hydrogens (primary N) is 1. The van der Waals surface area contributed by atoms with Crippen molar-refractivity contribution >= 4 is 29.4 Å². The zero-order valence-electron chi connectivity index (χ0n) is 17.1. The van der Waals surface area contributed by atoms with E-state index in [1.54, 1.807) is 36.7 Å². The van der Waals surface area contributed by atoms with Crippen molar-refractivity contribution in [3.8, 4) is 29.4 Å². The van der Waals surface area contributed by atoms with Gasteiger partial charge in [0.15, 0.2) is 15.7 Å². The van der Waals surface area contributed by atoms with Crippen LogP contribution in [0.4, 0.5) is 0 Å². The topological polar surface area (TPSA) is 114 Å². The molecule has 1 aliphatic carbocycles. The molecule has 1 aromatic carbocycles. The van der Waals surface area contributed by atoms with Gasteiger partial charge in [0.05, 0.1) is 33.5 Å². The fraction of sp³-hybridized carbons (Fsp3) is 0.550. The van der Waals surface area contributed by atoms with Crippen molar-refractivity contribution in [1.82, 2.24) is 0 Å². The number of amidine groups is 1. The SMILES string of the molecule is CCSC1(SCC)N=C(N)[C@]2(C#N)[C@@H](c3ccc(OC)c(OC)c3OC)[C@@]12C#N. The van der Waals surface area contributed by atoms with Gasteiger partial charge >= 0.3 is 0 Å². The molecule has 0 amide bonds. The molecule has 154 valence electrons. The summed E-state index contributed by atoms with van der Waals surface area (Å²) in [5.74, 6) is 2.58. The van der Waals surface area contributed by atoms with Crippen molar-refractivity contribution in [2.24, 2.45) is 21.6 Å². The molecule has 1 saturated carbocycles. The summed E-state index contributed by atoms with van der Waals surface area (Å²) in [6, 6.07) is 8.42. The Labute approximate surface area is 179 Å². The minimum absolute atomic E-state index is 0.213. The van der Waals surface area contributed by atoms with Gasteiger partial charge in [0.2, 0.25) is 5.75 Å². The second kappa shape index (κ2) is 7.55. The third-order valence-electron chi connectivity index (χ3n) is 5.65. The maximum absolute atomic E-state index is 10.4. The number of hydrogen-bond donors (Lipinski definition) is 1. The second-order valence-electron chi connectivity index (χ2n) is 6.64. The first-order chi connectivity index (χ1) is 13.9. The van der Waals surface area contributed by atoms with Crippen LogP contribution in [-0.2, 0) is 0 Å². The molecule has 1 fully saturated rings. The zero-order chi connectivity index (χ0) is 21.4. The lowest BCUT2D eigenvalue weighted by atomic mass is 9.97. The van der Waals surface area contributed by atoms with E-state index in [0.29, 0.717) is 22.8 Å². The molecule has 0 aromatic heterocycles. The van der Waals surface area contributed by atoms with Crippen molar-refractivity contribution in [3.05, 3.63) is 17.7 Å². The highest BCUT2D eigenvalue weighted by atomic mass is 32.2. The van der Waals surface area contributed by atoms with Gasteiger partial charge in [0.1, 0.15) is 16.7 Å². The third-order valence-corrected chi connectivity index (χ3v) is 8.55. The van der Waals surface area contributed by atoms with Gasteiger partial charge in [-0.1, -0.05) is 19.9 Å². The number of fused-ring (bicyclic) bond motifs is 1. The summed E-state index contributed by atoms with van der Waals surface area (Å²) in [6.07, 6.45) is 0. The maximum Gasteiger partial charge on any atom is 0.203 e. The molecular formula is C20H24N4O3S2. The summed E-state index contributed by atoms with van der Waals surface area (Å²) >= 11 is 3.11. The predicted octanol–water partition coefficient (Wildman–Crippen LogP) is 3.36. The first-order valence-corrected chi connectivity index (χ1v) is 11.2. The van der Waals surface area contributed by atoms with E-state index in [1.165, 1.54) is 14.2 Å². The molecule has 3 atom stereocenters. The van der Waals surface area contributed by atoms with Crippen molar-refractivity contribution in [3.63, 3.8) is 0 Å². The Hall–Kier alpha value is -2.23. The van der Waals surface area contributed by atoms with Crippen LogP contribution in [0.1, 0.15) is 25.3 Å². The van der Waals surface area contributed by atoms with Crippen LogP contribution in [0.25, 0.3) is 0 Å². The van der Waals surface area contributed by atoms with Crippen LogP contribution in [0.3, 0.4) is 0 Å². The Bertz CT molecular complexity index is 933. The molecule has 3 rings (SSSR count). The average Bonchev–Trinajstić information content (AvgIpc) is 3.31. The highest BCUT2D eigenvalue weighted by Gasteiger charge is 2.92. The number of methoxy groups -OCH3 is 3. The van der Waals surface area contributed by atoms with Crippen LogP contribution in [0, 0.1) is 33.5 Å². The van der Waals surface area contributed by atoms with Crippen LogP contribution in [0.15, 0.2) is 17.1 Å². The van der Waals surface area contributed by atoms with Gasteiger partial charge in [0, 0.05) is 11.5 Å². The monoisotopic (exact) mass is 432 g/mol. The van der Waals surface area contributed by atoms with E-state index >= 15 is 0 Å². The average molecular weight is 433 g/mol. The molecule has 2 aliphatic rings. The molecule has 0 spiro atoms. The summed E-state index contributed by atoms with van der Waals surface area (Å²) in [4.78, 5) is 4.70. The van der Waals surface area contributed by atoms with Gasteiger partial charge in [0.25, 0.3) is 0 Å². The van der Waals surface area contributed by atoms with Crippen molar-refractivity contribution < 1.29 is 14.2 Å². The van der Waals surface area contributed by atoms with E-state index in [1.807, 2.05) is 19.9 Å². The van der Waals surface area contributed by atoms with Gasteiger partial charge in [-0.3, -0.25) is 0 Å². The normalized spacial score (nSPS) is 28.5. The number of nitrogens with zero attached hydrogens (tertiary/aromatic N) is 3. The van der Waals surface area contributed by atoms with E-state index in [0.717, 1.165) is 11.5 Å². The van der Waals surface area contributed by atoms with Crippen LogP contribution < -0.4 is 19.9 Å². The fourth-order valence-corrected chi connectivity index (χ4v) is 7.82. The summed E-state index contributed by atoms with van der Waals surface area (Å²) in [5, 5.41) is 20.7. The van der Waals surface area contributed by atoms with E-state index in [2.05, 4.69) is 12.1 Å². The molecule has 0 bridgehead atoms. The summed E-state index contributed by atoms with van der Waals surface area (Å²) in [6.45, 7) is 4.03. The number of hydrogen-bond acceptors (Lipinski definition) is 9. The van der Waals surface area contributed by atoms with E-state index in [9.17, 15) is 10.5 Å². The molecule has 1 heterocycles. The van der Waals surface area contributed by atoms with E-state index < -0.39 is 21.0 Å². The highest BCUT2D eigenvalue weighted by Crippen LogP contribution is 2.86. The largest absolute Gasteiger partial charge is 0.493 e. The van der Waals surface area contributed by atoms with Gasteiger partial charge in [-0.15, -0.1) is 23.5 Å². The molecule has 1 aliphatic heterocycles. The molecule has 7 nitrogen and oxygen atoms in total. The number of rotatable bonds is 8. The lowest BCUT2D eigenvalue weighted by Gasteiger charge is -2.31. The Kier molecular flexibility index (Phi) is 5.59. The van der Waals surface area contributed by atoms with E-state index in [-0.39, 0.29) is 5.84 Å². The molecule has 0 radical (unpaired) electrons. The first kappa shape index (κ1) is 21.5. The summed E-state index contributed by atoms with van der Waals surface area (Å²) < 4.78 is 15.7. The molecule has 29 heavy (non-hydrogen) atoms. The van der Waals surface area contributed by atoms with Gasteiger partial charge in [-0.25, -0.2) is 4.99 Å². The van der Waals surface area contributed by atoms with E-state index in [4.69, 9.17) is 24.9 Å². The highest BCUT2D eigenvalue weighted by molar-refractivity contribution is 8.18. The molecular weight excluding hydrogens is 408 g/mol. The summed E-state index contributed by atoms with van der Waals surface area (Å²) in [7, 11) is 4.60. The fourth-order valence-electron chi connectivity index (χ4n) is 4.57. The smallest absolute Gasteiger partial charge is 0.203 e. The number of thioether (sulfide) groups is 2. The standard InChI is InChI=1S/C20H24N4O3S2/c1-6-28-20(29-7-2)19(11-22)16(18(19,10-21)17(23)24-20)12-8-9-13(25-3)15(27-5)14(12)26-4/h8-9,16H,6-7H2,1-5H3,(H2,23,24)/t16-,18+,19-/m1/s1. The number of benzene rings is 1. The molecule has 0 unspecified atom stereocenters. The number of aliphatic imine (C=N–C) groups is 1. The number of nitriles is 2. The van der Waals surface area contributed by atoms with Crippen LogP contribution in [0.2, 0.25) is 0 Å².